The zero-order valence-electron chi connectivity index (χ0n) is 10.7. The maximum Gasteiger partial charge on any atom is 0.183 e. The van der Waals surface area contributed by atoms with Crippen molar-refractivity contribution in [2.24, 2.45) is 0 Å². The Balaban J connectivity index is 2.19. The van der Waals surface area contributed by atoms with Crippen molar-refractivity contribution in [3.63, 3.8) is 0 Å². The molecule has 0 aromatic carbocycles. The molecule has 94 valence electrons. The molecule has 2 aromatic rings. The van der Waals surface area contributed by atoms with Crippen molar-refractivity contribution in [3.8, 4) is 11.5 Å². The van der Waals surface area contributed by atoms with Crippen LogP contribution in [0, 0.1) is 0 Å². The largest absolute Gasteiger partial charge is 0.304 e. The second-order valence-electron chi connectivity index (χ2n) is 5.48. The molecule has 0 aliphatic carbocycles. The Labute approximate surface area is 115 Å². The lowest BCUT2D eigenvalue weighted by Crippen LogP contribution is -2.22. The molecule has 4 nitrogen and oxygen atoms in total. The first-order valence-corrected chi connectivity index (χ1v) is 6.87. The van der Waals surface area contributed by atoms with E-state index in [1.54, 1.807) is 0 Å². The fourth-order valence-electron chi connectivity index (χ4n) is 2.84. The minimum absolute atomic E-state index is 0.0532. The molecule has 0 radical (unpaired) electrons. The molecular formula is C13H15BrN4. The number of hydrogen-bond acceptors (Lipinski definition) is 3. The van der Waals surface area contributed by atoms with Crippen LogP contribution in [-0.4, -0.2) is 19.7 Å². The predicted molar refractivity (Wildman–Crippen MR) is 73.3 cm³/mol. The molecule has 3 heterocycles. The fourth-order valence-corrected chi connectivity index (χ4v) is 3.19. The SMILES string of the molecule is CC1CC(C)(C)n2c(-c3cccc(Br)n3)nnc21. The molecule has 1 atom stereocenters. The summed E-state index contributed by atoms with van der Waals surface area (Å²) in [5.41, 5.74) is 0.919. The van der Waals surface area contributed by atoms with Gasteiger partial charge in [0.15, 0.2) is 5.82 Å². The summed E-state index contributed by atoms with van der Waals surface area (Å²) >= 11 is 3.40. The Morgan fingerprint density at radius 3 is 2.83 bits per heavy atom. The first kappa shape index (κ1) is 11.8. The van der Waals surface area contributed by atoms with E-state index in [0.29, 0.717) is 5.92 Å². The summed E-state index contributed by atoms with van der Waals surface area (Å²) in [6, 6.07) is 5.86. The number of fused-ring (bicyclic) bond motifs is 1. The highest BCUT2D eigenvalue weighted by Crippen LogP contribution is 2.41. The zero-order valence-corrected chi connectivity index (χ0v) is 12.3. The third-order valence-corrected chi connectivity index (χ3v) is 3.93. The van der Waals surface area contributed by atoms with E-state index in [4.69, 9.17) is 0 Å². The van der Waals surface area contributed by atoms with Gasteiger partial charge in [-0.1, -0.05) is 13.0 Å². The van der Waals surface area contributed by atoms with E-state index >= 15 is 0 Å². The van der Waals surface area contributed by atoms with Crippen LogP contribution in [0.1, 0.15) is 38.9 Å². The van der Waals surface area contributed by atoms with Gasteiger partial charge >= 0.3 is 0 Å². The monoisotopic (exact) mass is 306 g/mol. The molecule has 1 aliphatic rings. The maximum atomic E-state index is 4.48. The van der Waals surface area contributed by atoms with Crippen molar-refractivity contribution in [3.05, 3.63) is 28.6 Å². The van der Waals surface area contributed by atoms with E-state index in [1.165, 1.54) is 0 Å². The number of rotatable bonds is 1. The van der Waals surface area contributed by atoms with Crippen LogP contribution >= 0.6 is 15.9 Å². The number of aromatic nitrogens is 4. The molecule has 2 aromatic heterocycles. The molecule has 0 bridgehead atoms. The van der Waals surface area contributed by atoms with E-state index in [2.05, 4.69) is 56.4 Å². The van der Waals surface area contributed by atoms with Crippen LogP contribution in [0.5, 0.6) is 0 Å². The summed E-state index contributed by atoms with van der Waals surface area (Å²) in [6.45, 7) is 6.66. The van der Waals surface area contributed by atoms with Gasteiger partial charge in [0.05, 0.1) is 0 Å². The highest BCUT2D eigenvalue weighted by atomic mass is 79.9. The molecule has 3 rings (SSSR count). The summed E-state index contributed by atoms with van der Waals surface area (Å²) in [4.78, 5) is 4.48. The van der Waals surface area contributed by atoms with Gasteiger partial charge in [-0.05, 0) is 48.3 Å². The topological polar surface area (TPSA) is 43.6 Å². The van der Waals surface area contributed by atoms with E-state index < -0.39 is 0 Å². The number of halogens is 1. The highest BCUT2D eigenvalue weighted by molar-refractivity contribution is 9.10. The van der Waals surface area contributed by atoms with Gasteiger partial charge in [0.1, 0.15) is 16.1 Å². The van der Waals surface area contributed by atoms with Gasteiger partial charge in [0, 0.05) is 11.5 Å². The van der Waals surface area contributed by atoms with Crippen LogP contribution in [0.4, 0.5) is 0 Å². The van der Waals surface area contributed by atoms with Crippen LogP contribution in [-0.2, 0) is 5.54 Å². The number of pyridine rings is 1. The van der Waals surface area contributed by atoms with E-state index in [-0.39, 0.29) is 5.54 Å². The summed E-state index contributed by atoms with van der Waals surface area (Å²) in [6.07, 6.45) is 1.10. The van der Waals surface area contributed by atoms with E-state index in [0.717, 1.165) is 28.4 Å². The van der Waals surface area contributed by atoms with E-state index in [9.17, 15) is 0 Å². The summed E-state index contributed by atoms with van der Waals surface area (Å²) < 4.78 is 3.05. The lowest BCUT2D eigenvalue weighted by Gasteiger charge is -2.22. The third-order valence-electron chi connectivity index (χ3n) is 3.48. The predicted octanol–water partition coefficient (Wildman–Crippen LogP) is 3.34. The number of hydrogen-bond donors (Lipinski definition) is 0. The molecule has 18 heavy (non-hydrogen) atoms. The minimum atomic E-state index is 0.0532. The number of nitrogens with zero attached hydrogens (tertiary/aromatic N) is 4. The van der Waals surface area contributed by atoms with Crippen molar-refractivity contribution in [2.75, 3.05) is 0 Å². The molecule has 0 N–H and O–H groups in total. The summed E-state index contributed by atoms with van der Waals surface area (Å²) in [7, 11) is 0. The smallest absolute Gasteiger partial charge is 0.183 e. The van der Waals surface area contributed by atoms with Crippen molar-refractivity contribution < 1.29 is 0 Å². The van der Waals surface area contributed by atoms with Gasteiger partial charge in [0.2, 0.25) is 0 Å². The van der Waals surface area contributed by atoms with Crippen LogP contribution in [0.15, 0.2) is 22.8 Å². The third kappa shape index (κ3) is 1.68. The quantitative estimate of drug-likeness (QED) is 0.759. The van der Waals surface area contributed by atoms with Crippen molar-refractivity contribution in [1.29, 1.82) is 0 Å². The Hall–Kier alpha value is -1.23. The Kier molecular flexibility index (Phi) is 2.55. The second kappa shape index (κ2) is 3.88. The first-order chi connectivity index (χ1) is 8.49. The Morgan fingerprint density at radius 2 is 2.11 bits per heavy atom. The average Bonchev–Trinajstić information content (AvgIpc) is 2.81. The van der Waals surface area contributed by atoms with E-state index in [1.807, 2.05) is 18.2 Å². The van der Waals surface area contributed by atoms with Gasteiger partial charge in [-0.15, -0.1) is 10.2 Å². The zero-order chi connectivity index (χ0) is 12.9. The van der Waals surface area contributed by atoms with Crippen molar-refractivity contribution >= 4 is 15.9 Å². The normalized spacial score (nSPS) is 21.0. The molecule has 1 unspecified atom stereocenters. The first-order valence-electron chi connectivity index (χ1n) is 6.08. The molecule has 0 amide bonds. The molecule has 5 heteroatoms. The van der Waals surface area contributed by atoms with Crippen LogP contribution in [0.25, 0.3) is 11.5 Å². The van der Waals surface area contributed by atoms with Crippen LogP contribution in [0.2, 0.25) is 0 Å². The average molecular weight is 307 g/mol. The van der Waals surface area contributed by atoms with Gasteiger partial charge in [-0.25, -0.2) is 4.98 Å². The van der Waals surface area contributed by atoms with Gasteiger partial charge in [0.25, 0.3) is 0 Å². The van der Waals surface area contributed by atoms with Crippen molar-refractivity contribution in [1.82, 2.24) is 19.7 Å². The molecular weight excluding hydrogens is 292 g/mol. The summed E-state index contributed by atoms with van der Waals surface area (Å²) in [5.74, 6) is 2.38. The second-order valence-corrected chi connectivity index (χ2v) is 6.29. The Morgan fingerprint density at radius 1 is 1.33 bits per heavy atom. The van der Waals surface area contributed by atoms with Crippen LogP contribution in [0.3, 0.4) is 0 Å². The molecule has 0 spiro atoms. The van der Waals surface area contributed by atoms with Gasteiger partial charge in [-0.3, -0.25) is 0 Å². The van der Waals surface area contributed by atoms with Gasteiger partial charge < -0.3 is 4.57 Å². The lowest BCUT2D eigenvalue weighted by atomic mass is 9.97. The summed E-state index contributed by atoms with van der Waals surface area (Å²) in [5, 5.41) is 8.66. The Bertz CT molecular complexity index is 603. The molecule has 1 aliphatic heterocycles. The molecule has 0 fully saturated rings. The maximum absolute atomic E-state index is 4.48. The molecule has 0 saturated heterocycles. The molecule has 0 saturated carbocycles. The fraction of sp³-hybridized carbons (Fsp3) is 0.462. The van der Waals surface area contributed by atoms with Crippen LogP contribution < -0.4 is 0 Å². The standard InChI is InChI=1S/C13H15BrN4/c1-8-7-13(2,3)18-11(8)16-17-12(18)9-5-4-6-10(14)15-9/h4-6,8H,7H2,1-3H3. The van der Waals surface area contributed by atoms with Gasteiger partial charge in [-0.2, -0.15) is 0 Å². The van der Waals surface area contributed by atoms with Crippen molar-refractivity contribution in [2.45, 2.75) is 38.6 Å². The lowest BCUT2D eigenvalue weighted by molar-refractivity contribution is 0.367. The highest BCUT2D eigenvalue weighted by Gasteiger charge is 2.38. The minimum Gasteiger partial charge on any atom is -0.304 e.